The third-order valence-electron chi connectivity index (χ3n) is 7.34. The van der Waals surface area contributed by atoms with E-state index in [0.717, 1.165) is 4.31 Å². The van der Waals surface area contributed by atoms with Crippen molar-refractivity contribution in [1.82, 2.24) is 24.8 Å². The number of hydrogen-bond donors (Lipinski definition) is 4. The number of aromatic nitrogens is 4. The number of ether oxygens (including phenoxy) is 4. The van der Waals surface area contributed by atoms with E-state index in [-0.39, 0.29) is 28.6 Å². The second-order valence-corrected chi connectivity index (χ2v) is 11.6. The summed E-state index contributed by atoms with van der Waals surface area (Å²) in [6.07, 6.45) is -0.316. The smallest absolute Gasteiger partial charge is 0.324 e. The maximum atomic E-state index is 13.3. The minimum absolute atomic E-state index is 0.0928. The van der Waals surface area contributed by atoms with Gasteiger partial charge >= 0.3 is 6.03 Å². The van der Waals surface area contributed by atoms with E-state index in [4.69, 9.17) is 18.9 Å². The molecular formula is C29H32N8O8S. The van der Waals surface area contributed by atoms with Crippen LogP contribution >= 0.6 is 0 Å². The molecule has 0 aliphatic carbocycles. The molecular weight excluding hydrogens is 620 g/mol. The third-order valence-corrected chi connectivity index (χ3v) is 8.06. The van der Waals surface area contributed by atoms with Gasteiger partial charge < -0.3 is 29.6 Å². The van der Waals surface area contributed by atoms with Gasteiger partial charge in [0.15, 0.2) is 35.1 Å². The molecule has 0 spiro atoms. The van der Waals surface area contributed by atoms with E-state index in [2.05, 4.69) is 30.9 Å². The highest BCUT2D eigenvalue weighted by Crippen LogP contribution is 2.44. The number of imidazole rings is 1. The molecule has 1 unspecified atom stereocenters. The van der Waals surface area contributed by atoms with Crippen molar-refractivity contribution in [1.29, 1.82) is 0 Å². The SMILES string of the molecule is CCNC(=O)[C@H]1O[C@@H](n2cnc3c(NC(=O)Nc4ccccc4N(c4ccc(OC)cc4)S(=O)O)ncnc32)[C@@H]2OC(C)(C)O[C@@H]21. The number of rotatable bonds is 9. The molecule has 6 rings (SSSR count). The summed E-state index contributed by atoms with van der Waals surface area (Å²) in [6, 6.07) is 12.4. The summed E-state index contributed by atoms with van der Waals surface area (Å²) in [7, 11) is 1.52. The maximum absolute atomic E-state index is 13.3. The number of hydrogen-bond acceptors (Lipinski definition) is 10. The molecule has 16 nitrogen and oxygen atoms in total. The van der Waals surface area contributed by atoms with Crippen molar-refractivity contribution < 1.29 is 37.3 Å². The number of para-hydroxylation sites is 2. The van der Waals surface area contributed by atoms with Crippen molar-refractivity contribution in [2.24, 2.45) is 0 Å². The van der Waals surface area contributed by atoms with Gasteiger partial charge in [0.2, 0.25) is 0 Å². The maximum Gasteiger partial charge on any atom is 0.324 e. The van der Waals surface area contributed by atoms with E-state index in [0.29, 0.717) is 23.6 Å². The van der Waals surface area contributed by atoms with Gasteiger partial charge in [0, 0.05) is 6.54 Å². The Hall–Kier alpha value is -4.68. The van der Waals surface area contributed by atoms with E-state index in [1.54, 1.807) is 66.9 Å². The highest BCUT2D eigenvalue weighted by molar-refractivity contribution is 7.81. The van der Waals surface area contributed by atoms with Crippen molar-refractivity contribution in [2.75, 3.05) is 28.6 Å². The predicted molar refractivity (Wildman–Crippen MR) is 167 cm³/mol. The second kappa shape index (κ2) is 12.6. The van der Waals surface area contributed by atoms with Gasteiger partial charge in [0.05, 0.1) is 30.5 Å². The summed E-state index contributed by atoms with van der Waals surface area (Å²) >= 11 is -2.48. The molecule has 2 aromatic carbocycles. The van der Waals surface area contributed by atoms with Crippen LogP contribution in [0.5, 0.6) is 5.75 Å². The van der Waals surface area contributed by atoms with Gasteiger partial charge in [-0.3, -0.25) is 19.2 Å². The van der Waals surface area contributed by atoms with Crippen LogP contribution in [0.4, 0.5) is 27.7 Å². The number of methoxy groups -OCH3 is 1. The van der Waals surface area contributed by atoms with Crippen molar-refractivity contribution >= 4 is 57.2 Å². The average molecular weight is 653 g/mol. The lowest BCUT2D eigenvalue weighted by molar-refractivity contribution is -0.197. The highest BCUT2D eigenvalue weighted by Gasteiger charge is 2.58. The summed E-state index contributed by atoms with van der Waals surface area (Å²) in [4.78, 5) is 39.1. The molecule has 3 amide bonds. The van der Waals surface area contributed by atoms with Gasteiger partial charge in [-0.1, -0.05) is 12.1 Å². The van der Waals surface area contributed by atoms with Crippen LogP contribution in [0.1, 0.15) is 27.0 Å². The van der Waals surface area contributed by atoms with E-state index >= 15 is 0 Å². The molecule has 0 bridgehead atoms. The standard InChI is InChI=1S/C29H32N8O8S/c1-5-30-26(38)22-21-23(45-29(2,3)44-21)27(43-22)36-15-33-20-24(31-14-32-25(20)36)35-28(39)34-18-8-6-7-9-19(18)37(46(40)41)16-10-12-17(42-4)13-11-16/h6-15,21-23,27H,5H2,1-4H3,(H,30,38)(H,40,41)(H2,31,32,34,35,39)/t21-,22+,23-,27-/m1/s1. The van der Waals surface area contributed by atoms with Gasteiger partial charge in [-0.05, 0) is 57.2 Å². The molecule has 4 aromatic rings. The molecule has 5 atom stereocenters. The fraction of sp³-hybridized carbons (Fsp3) is 0.345. The molecule has 2 aliphatic heterocycles. The van der Waals surface area contributed by atoms with E-state index in [1.165, 1.54) is 19.8 Å². The van der Waals surface area contributed by atoms with Crippen LogP contribution in [0.3, 0.4) is 0 Å². The Kier molecular flexibility index (Phi) is 8.58. The lowest BCUT2D eigenvalue weighted by Crippen LogP contribution is -2.42. The van der Waals surface area contributed by atoms with Crippen molar-refractivity contribution in [3.63, 3.8) is 0 Å². The van der Waals surface area contributed by atoms with Gasteiger partial charge in [-0.25, -0.2) is 28.3 Å². The second-order valence-electron chi connectivity index (χ2n) is 10.8. The van der Waals surface area contributed by atoms with Crippen LogP contribution < -0.4 is 25.0 Å². The quantitative estimate of drug-likeness (QED) is 0.194. The molecule has 2 fully saturated rings. The Morgan fingerprint density at radius 3 is 2.52 bits per heavy atom. The van der Waals surface area contributed by atoms with E-state index in [9.17, 15) is 18.4 Å². The molecule has 4 heterocycles. The first kappa shape index (κ1) is 31.3. The molecule has 2 saturated heterocycles. The summed E-state index contributed by atoms with van der Waals surface area (Å²) in [6.45, 7) is 5.76. The fourth-order valence-corrected chi connectivity index (χ4v) is 6.09. The fourth-order valence-electron chi connectivity index (χ4n) is 5.46. The Morgan fingerprint density at radius 1 is 1.07 bits per heavy atom. The minimum atomic E-state index is -2.48. The van der Waals surface area contributed by atoms with Gasteiger partial charge in [0.25, 0.3) is 17.2 Å². The number of carbonyl (C=O) groups excluding carboxylic acids is 2. The number of likely N-dealkylation sites (N-methyl/N-ethyl adjacent to an activating group) is 1. The molecule has 0 saturated carbocycles. The Morgan fingerprint density at radius 2 is 1.80 bits per heavy atom. The predicted octanol–water partition coefficient (Wildman–Crippen LogP) is 3.31. The molecule has 242 valence electrons. The zero-order chi connectivity index (χ0) is 32.6. The van der Waals surface area contributed by atoms with Crippen LogP contribution in [-0.4, -0.2) is 78.0 Å². The monoisotopic (exact) mass is 652 g/mol. The summed E-state index contributed by atoms with van der Waals surface area (Å²) in [5.41, 5.74) is 1.47. The molecule has 17 heteroatoms. The summed E-state index contributed by atoms with van der Waals surface area (Å²) in [5, 5.41) is 8.17. The number of nitrogens with one attached hydrogen (secondary N) is 3. The molecule has 2 aromatic heterocycles. The van der Waals surface area contributed by atoms with Gasteiger partial charge in [0.1, 0.15) is 24.3 Å². The first-order chi connectivity index (χ1) is 22.1. The van der Waals surface area contributed by atoms with Crippen LogP contribution in [0.25, 0.3) is 11.2 Å². The summed E-state index contributed by atoms with van der Waals surface area (Å²) in [5.74, 6) is -0.600. The van der Waals surface area contributed by atoms with Gasteiger partial charge in [-0.15, -0.1) is 0 Å². The number of carbonyl (C=O) groups is 2. The lowest BCUT2D eigenvalue weighted by atomic mass is 10.1. The van der Waals surface area contributed by atoms with Crippen molar-refractivity contribution in [3.05, 3.63) is 61.2 Å². The largest absolute Gasteiger partial charge is 0.497 e. The summed E-state index contributed by atoms with van der Waals surface area (Å²) < 4.78 is 48.8. The van der Waals surface area contributed by atoms with E-state index in [1.807, 2.05) is 6.92 Å². The van der Waals surface area contributed by atoms with Crippen LogP contribution in [0, 0.1) is 0 Å². The van der Waals surface area contributed by atoms with Gasteiger partial charge in [-0.2, -0.15) is 0 Å². The first-order valence-corrected chi connectivity index (χ1v) is 15.3. The lowest BCUT2D eigenvalue weighted by Gasteiger charge is -2.24. The minimum Gasteiger partial charge on any atom is -0.497 e. The molecule has 2 aliphatic rings. The number of anilines is 4. The number of amides is 3. The number of urea groups is 1. The first-order valence-electron chi connectivity index (χ1n) is 14.3. The molecule has 0 radical (unpaired) electrons. The van der Waals surface area contributed by atoms with E-state index < -0.39 is 47.6 Å². The van der Waals surface area contributed by atoms with Crippen molar-refractivity contribution in [2.45, 2.75) is 51.1 Å². The molecule has 46 heavy (non-hydrogen) atoms. The Labute approximate surface area is 265 Å². The number of fused-ring (bicyclic) bond motifs is 2. The average Bonchev–Trinajstić information content (AvgIpc) is 3.69. The van der Waals surface area contributed by atoms with Crippen molar-refractivity contribution in [3.8, 4) is 5.75 Å². The van der Waals surface area contributed by atoms with Crippen LogP contribution in [-0.2, 0) is 30.3 Å². The highest BCUT2D eigenvalue weighted by atomic mass is 32.2. The number of benzene rings is 2. The topological polar surface area (TPSA) is 191 Å². The normalized spacial score (nSPS) is 22.2. The zero-order valence-electron chi connectivity index (χ0n) is 25.2. The molecule has 4 N–H and O–H groups in total. The van der Waals surface area contributed by atoms with Crippen LogP contribution in [0.2, 0.25) is 0 Å². The Balaban J connectivity index is 1.25. The zero-order valence-corrected chi connectivity index (χ0v) is 26.1. The third kappa shape index (κ3) is 5.97. The Bertz CT molecular complexity index is 1780. The number of nitrogens with zero attached hydrogens (tertiary/aromatic N) is 5. The van der Waals surface area contributed by atoms with Crippen LogP contribution in [0.15, 0.2) is 61.2 Å².